The minimum Gasteiger partial charge on any atom is -0.477 e. The maximum Gasteiger partial charge on any atom is 0.343 e. The van der Waals surface area contributed by atoms with Crippen molar-refractivity contribution in [1.29, 1.82) is 0 Å². The highest BCUT2D eigenvalue weighted by Gasteiger charge is 2.59. The number of pyridine rings is 1. The Morgan fingerprint density at radius 1 is 1.30 bits per heavy atom. The minimum absolute atomic E-state index is 0.122. The SMILES string of the molecule is O=C(O)c1c(N2CC3C[C@H]2CN3)n(C23CC(C2)C3)c2ccc(F)cc2c1=O. The third kappa shape index (κ3) is 1.87. The van der Waals surface area contributed by atoms with Gasteiger partial charge < -0.3 is 19.9 Å². The number of benzene rings is 1. The van der Waals surface area contributed by atoms with E-state index in [2.05, 4.69) is 14.8 Å². The molecule has 5 fully saturated rings. The predicted molar refractivity (Wildman–Crippen MR) is 98.0 cm³/mol. The molecule has 140 valence electrons. The molecule has 0 spiro atoms. The van der Waals surface area contributed by atoms with Crippen LogP contribution in [0.1, 0.15) is 36.0 Å². The number of nitrogens with one attached hydrogen (secondary N) is 1. The van der Waals surface area contributed by atoms with Crippen LogP contribution in [0, 0.1) is 11.7 Å². The monoisotopic (exact) mass is 369 g/mol. The molecule has 0 radical (unpaired) electrons. The van der Waals surface area contributed by atoms with Gasteiger partial charge in [0.25, 0.3) is 0 Å². The van der Waals surface area contributed by atoms with Crippen molar-refractivity contribution in [3.05, 3.63) is 39.8 Å². The van der Waals surface area contributed by atoms with Gasteiger partial charge in [0.15, 0.2) is 0 Å². The maximum atomic E-state index is 13.9. The summed E-state index contributed by atoms with van der Waals surface area (Å²) in [6.45, 7) is 1.51. The summed E-state index contributed by atoms with van der Waals surface area (Å²) in [5.41, 5.74) is -0.241. The van der Waals surface area contributed by atoms with E-state index < -0.39 is 17.2 Å². The van der Waals surface area contributed by atoms with Gasteiger partial charge in [-0.1, -0.05) is 0 Å². The van der Waals surface area contributed by atoms with E-state index in [4.69, 9.17) is 0 Å². The molecule has 2 N–H and O–H groups in total. The molecule has 3 aliphatic carbocycles. The number of hydrogen-bond acceptors (Lipinski definition) is 4. The third-order valence-electron chi connectivity index (χ3n) is 7.13. The Bertz CT molecular complexity index is 1060. The van der Waals surface area contributed by atoms with Crippen LogP contribution in [-0.2, 0) is 5.54 Å². The molecule has 4 bridgehead atoms. The first-order valence-electron chi connectivity index (χ1n) is 9.59. The molecule has 27 heavy (non-hydrogen) atoms. The van der Waals surface area contributed by atoms with Crippen LogP contribution in [0.5, 0.6) is 0 Å². The standard InChI is InChI=1S/C20H20FN3O3/c21-11-1-2-15-14(3-11)17(25)16(19(26)27)18(23-9-12-4-13(23)8-22-12)24(15)20-5-10(6-20)7-20/h1-3,10,12-13,22H,4-9H2,(H,26,27)/t10?,12?,13-,20?/m0/s1. The molecule has 2 aromatic rings. The van der Waals surface area contributed by atoms with Gasteiger partial charge in [-0.3, -0.25) is 4.79 Å². The fraction of sp³-hybridized carbons (Fsp3) is 0.500. The van der Waals surface area contributed by atoms with Crippen LogP contribution in [-0.4, -0.2) is 40.8 Å². The Hall–Kier alpha value is -2.41. The molecular formula is C20H20FN3O3. The lowest BCUT2D eigenvalue weighted by atomic mass is 9.49. The summed E-state index contributed by atoms with van der Waals surface area (Å²) < 4.78 is 16.0. The summed E-state index contributed by atoms with van der Waals surface area (Å²) in [4.78, 5) is 27.4. The van der Waals surface area contributed by atoms with E-state index in [9.17, 15) is 19.1 Å². The van der Waals surface area contributed by atoms with Crippen molar-refractivity contribution in [2.75, 3.05) is 18.0 Å². The Morgan fingerprint density at radius 3 is 2.63 bits per heavy atom. The summed E-state index contributed by atoms with van der Waals surface area (Å²) in [5.74, 6) is -0.508. The number of piperazine rings is 1. The largest absolute Gasteiger partial charge is 0.477 e. The van der Waals surface area contributed by atoms with Crippen LogP contribution < -0.4 is 15.6 Å². The van der Waals surface area contributed by atoms with Crippen LogP contribution in [0.4, 0.5) is 10.2 Å². The molecule has 2 atom stereocenters. The summed E-state index contributed by atoms with van der Waals surface area (Å²) in [7, 11) is 0. The summed E-state index contributed by atoms with van der Waals surface area (Å²) in [6, 6.07) is 4.73. The smallest absolute Gasteiger partial charge is 0.343 e. The molecule has 1 aromatic carbocycles. The van der Waals surface area contributed by atoms with E-state index in [-0.39, 0.29) is 22.5 Å². The zero-order valence-corrected chi connectivity index (χ0v) is 14.7. The Kier molecular flexibility index (Phi) is 2.83. The molecule has 2 saturated heterocycles. The number of aromatic nitrogens is 1. The molecule has 2 aliphatic heterocycles. The van der Waals surface area contributed by atoms with Crippen molar-refractivity contribution < 1.29 is 14.3 Å². The topological polar surface area (TPSA) is 74.6 Å². The molecule has 5 aliphatic rings. The molecule has 6 nitrogen and oxygen atoms in total. The van der Waals surface area contributed by atoms with Gasteiger partial charge >= 0.3 is 5.97 Å². The highest BCUT2D eigenvalue weighted by Crippen LogP contribution is 2.64. The van der Waals surface area contributed by atoms with Crippen molar-refractivity contribution >= 4 is 22.7 Å². The third-order valence-corrected chi connectivity index (χ3v) is 7.13. The molecule has 7 heteroatoms. The molecular weight excluding hydrogens is 349 g/mol. The van der Waals surface area contributed by atoms with Crippen LogP contribution >= 0.6 is 0 Å². The molecule has 1 unspecified atom stereocenters. The normalized spacial score (nSPS) is 33.2. The second-order valence-electron chi connectivity index (χ2n) is 8.68. The van der Waals surface area contributed by atoms with E-state index in [1.54, 1.807) is 6.07 Å². The van der Waals surface area contributed by atoms with Gasteiger partial charge in [0, 0.05) is 36.1 Å². The number of hydrogen-bond donors (Lipinski definition) is 2. The molecule has 1 aromatic heterocycles. The Balaban J connectivity index is 1.72. The van der Waals surface area contributed by atoms with Crippen molar-refractivity contribution in [3.8, 4) is 0 Å². The number of anilines is 1. The van der Waals surface area contributed by atoms with Crippen LogP contribution in [0.25, 0.3) is 10.9 Å². The molecule has 3 heterocycles. The van der Waals surface area contributed by atoms with Crippen LogP contribution in [0.15, 0.2) is 23.0 Å². The van der Waals surface area contributed by atoms with Gasteiger partial charge in [-0.25, -0.2) is 9.18 Å². The predicted octanol–water partition coefficient (Wildman–Crippen LogP) is 1.90. The first-order chi connectivity index (χ1) is 13.0. The van der Waals surface area contributed by atoms with Crippen molar-refractivity contribution in [3.63, 3.8) is 0 Å². The average Bonchev–Trinajstić information content (AvgIpc) is 3.16. The highest BCUT2D eigenvalue weighted by atomic mass is 19.1. The van der Waals surface area contributed by atoms with E-state index in [0.29, 0.717) is 29.8 Å². The lowest BCUT2D eigenvalue weighted by Gasteiger charge is -2.64. The van der Waals surface area contributed by atoms with Crippen molar-refractivity contribution in [2.24, 2.45) is 5.92 Å². The maximum absolute atomic E-state index is 13.9. The first-order valence-corrected chi connectivity index (χ1v) is 9.59. The van der Waals surface area contributed by atoms with Gasteiger partial charge in [-0.05, 0) is 49.8 Å². The number of carboxylic acid groups (broad SMARTS) is 1. The average molecular weight is 369 g/mol. The lowest BCUT2D eigenvalue weighted by molar-refractivity contribution is -0.0850. The van der Waals surface area contributed by atoms with Gasteiger partial charge in [-0.15, -0.1) is 0 Å². The van der Waals surface area contributed by atoms with Crippen molar-refractivity contribution in [2.45, 2.75) is 43.3 Å². The van der Waals surface area contributed by atoms with E-state index >= 15 is 0 Å². The zero-order chi connectivity index (χ0) is 18.5. The van der Waals surface area contributed by atoms with Gasteiger partial charge in [0.2, 0.25) is 5.43 Å². The van der Waals surface area contributed by atoms with E-state index in [1.165, 1.54) is 12.1 Å². The lowest BCUT2D eigenvalue weighted by Crippen LogP contribution is -2.61. The fourth-order valence-corrected chi connectivity index (χ4v) is 5.82. The van der Waals surface area contributed by atoms with Crippen LogP contribution in [0.3, 0.4) is 0 Å². The van der Waals surface area contributed by atoms with Gasteiger partial charge in [0.1, 0.15) is 17.2 Å². The summed E-state index contributed by atoms with van der Waals surface area (Å²) in [5, 5.41) is 13.6. The van der Waals surface area contributed by atoms with Gasteiger partial charge in [0.05, 0.1) is 5.52 Å². The summed E-state index contributed by atoms with van der Waals surface area (Å²) in [6.07, 6.45) is 3.99. The second-order valence-corrected chi connectivity index (χ2v) is 8.68. The van der Waals surface area contributed by atoms with Gasteiger partial charge in [-0.2, -0.15) is 0 Å². The number of fused-ring (bicyclic) bond motifs is 3. The number of aromatic carboxylic acids is 1. The molecule has 7 rings (SSSR count). The van der Waals surface area contributed by atoms with Crippen molar-refractivity contribution in [1.82, 2.24) is 9.88 Å². The Morgan fingerprint density at radius 2 is 2.07 bits per heavy atom. The number of carboxylic acids is 1. The molecule has 0 amide bonds. The van der Waals surface area contributed by atoms with Crippen LogP contribution in [0.2, 0.25) is 0 Å². The highest BCUT2D eigenvalue weighted by molar-refractivity contribution is 5.99. The van der Waals surface area contributed by atoms with E-state index in [1.807, 2.05) is 0 Å². The first kappa shape index (κ1) is 15.6. The number of rotatable bonds is 3. The number of halogens is 1. The molecule has 3 saturated carbocycles. The second kappa shape index (κ2) is 4.90. The quantitative estimate of drug-likeness (QED) is 0.864. The fourth-order valence-electron chi connectivity index (χ4n) is 5.82. The van der Waals surface area contributed by atoms with E-state index in [0.717, 1.165) is 32.2 Å². The zero-order valence-electron chi connectivity index (χ0n) is 14.7. The summed E-state index contributed by atoms with van der Waals surface area (Å²) >= 11 is 0. The Labute approximate surface area is 154 Å². The number of carbonyl (C=O) groups is 1. The minimum atomic E-state index is -1.22. The number of nitrogens with zero attached hydrogens (tertiary/aromatic N) is 2.